The molecule has 2 aromatic rings. The molecule has 0 unspecified atom stereocenters. The Kier molecular flexibility index (Phi) is 5.37. The summed E-state index contributed by atoms with van der Waals surface area (Å²) in [6.45, 7) is 4.15. The first-order valence-electron chi connectivity index (χ1n) is 9.66. The van der Waals surface area contributed by atoms with E-state index in [2.05, 4.69) is 14.8 Å². The van der Waals surface area contributed by atoms with Crippen LogP contribution in [0.5, 0.6) is 0 Å². The molecule has 10 heteroatoms. The van der Waals surface area contributed by atoms with Crippen LogP contribution in [0.2, 0.25) is 0 Å². The van der Waals surface area contributed by atoms with Crippen molar-refractivity contribution in [1.82, 2.24) is 9.29 Å². The Morgan fingerprint density at radius 3 is 2.03 bits per heavy atom. The zero-order chi connectivity index (χ0) is 20.4. The summed E-state index contributed by atoms with van der Waals surface area (Å²) in [5.41, 5.74) is 1.04. The fraction of sp³-hybridized carbons (Fsp3) is 0.421. The van der Waals surface area contributed by atoms with E-state index in [1.165, 1.54) is 22.6 Å². The van der Waals surface area contributed by atoms with Crippen molar-refractivity contribution >= 4 is 27.2 Å². The smallest absolute Gasteiger partial charge is 0.269 e. The lowest BCUT2D eigenvalue weighted by Gasteiger charge is -2.36. The van der Waals surface area contributed by atoms with Crippen LogP contribution in [0.1, 0.15) is 12.8 Å². The molecule has 29 heavy (non-hydrogen) atoms. The third-order valence-corrected chi connectivity index (χ3v) is 7.34. The summed E-state index contributed by atoms with van der Waals surface area (Å²) in [5, 5.41) is 10.8. The molecule has 4 rings (SSSR count). The molecule has 0 spiro atoms. The average molecular weight is 417 g/mol. The third kappa shape index (κ3) is 4.03. The van der Waals surface area contributed by atoms with Crippen LogP contribution in [0, 0.1) is 10.1 Å². The zero-order valence-electron chi connectivity index (χ0n) is 16.0. The molecular formula is C19H23N5O4S. The SMILES string of the molecule is O=[N+]([O-])c1ccc(N2CCN(c3ccc(S(=O)(=O)N4CCCC4)cn3)CC2)cc1. The zero-order valence-corrected chi connectivity index (χ0v) is 16.8. The Morgan fingerprint density at radius 2 is 1.48 bits per heavy atom. The minimum Gasteiger partial charge on any atom is -0.368 e. The predicted octanol–water partition coefficient (Wildman–Crippen LogP) is 2.10. The number of non-ortho nitro benzene ring substituents is 1. The van der Waals surface area contributed by atoms with Crippen molar-refractivity contribution in [3.05, 3.63) is 52.7 Å². The first-order chi connectivity index (χ1) is 13.9. The topological polar surface area (TPSA) is 99.9 Å². The van der Waals surface area contributed by atoms with Gasteiger partial charge in [0, 0.05) is 63.3 Å². The van der Waals surface area contributed by atoms with Crippen molar-refractivity contribution in [1.29, 1.82) is 0 Å². The van der Waals surface area contributed by atoms with Gasteiger partial charge in [-0.05, 0) is 37.1 Å². The molecule has 2 fully saturated rings. The van der Waals surface area contributed by atoms with Gasteiger partial charge in [-0.25, -0.2) is 13.4 Å². The molecule has 0 radical (unpaired) electrons. The summed E-state index contributed by atoms with van der Waals surface area (Å²) in [6.07, 6.45) is 3.26. The van der Waals surface area contributed by atoms with Crippen molar-refractivity contribution in [2.75, 3.05) is 49.1 Å². The number of piperazine rings is 1. The average Bonchev–Trinajstić information content (AvgIpc) is 3.30. The first kappa shape index (κ1) is 19.6. The molecular weight excluding hydrogens is 394 g/mol. The third-order valence-electron chi connectivity index (χ3n) is 5.45. The van der Waals surface area contributed by atoms with E-state index in [1.807, 2.05) is 0 Å². The predicted molar refractivity (Wildman–Crippen MR) is 110 cm³/mol. The molecule has 2 saturated heterocycles. The van der Waals surface area contributed by atoms with Crippen LogP contribution < -0.4 is 9.80 Å². The van der Waals surface area contributed by atoms with Gasteiger partial charge in [0.1, 0.15) is 10.7 Å². The number of pyridine rings is 1. The van der Waals surface area contributed by atoms with Crippen LogP contribution >= 0.6 is 0 Å². The highest BCUT2D eigenvalue weighted by atomic mass is 32.2. The summed E-state index contributed by atoms with van der Waals surface area (Å²) in [6, 6.07) is 9.98. The Hall–Kier alpha value is -2.72. The van der Waals surface area contributed by atoms with Gasteiger partial charge in [0.05, 0.1) is 4.92 Å². The fourth-order valence-corrected chi connectivity index (χ4v) is 5.23. The van der Waals surface area contributed by atoms with Gasteiger partial charge in [-0.1, -0.05) is 0 Å². The monoisotopic (exact) mass is 417 g/mol. The highest BCUT2D eigenvalue weighted by molar-refractivity contribution is 7.89. The second kappa shape index (κ2) is 7.96. The van der Waals surface area contributed by atoms with E-state index in [0.29, 0.717) is 13.1 Å². The van der Waals surface area contributed by atoms with Gasteiger partial charge in [-0.15, -0.1) is 0 Å². The molecule has 3 heterocycles. The van der Waals surface area contributed by atoms with Crippen LogP contribution in [-0.4, -0.2) is 61.9 Å². The molecule has 154 valence electrons. The highest BCUT2D eigenvalue weighted by Crippen LogP contribution is 2.24. The van der Waals surface area contributed by atoms with Crippen molar-refractivity contribution in [3.8, 4) is 0 Å². The number of nitrogens with zero attached hydrogens (tertiary/aromatic N) is 5. The Bertz CT molecular complexity index is 965. The molecule has 0 amide bonds. The number of hydrogen-bond donors (Lipinski definition) is 0. The number of sulfonamides is 1. The van der Waals surface area contributed by atoms with Crippen LogP contribution in [0.25, 0.3) is 0 Å². The highest BCUT2D eigenvalue weighted by Gasteiger charge is 2.28. The van der Waals surface area contributed by atoms with E-state index in [4.69, 9.17) is 0 Å². The summed E-state index contributed by atoms with van der Waals surface area (Å²) >= 11 is 0. The van der Waals surface area contributed by atoms with Crippen LogP contribution in [0.3, 0.4) is 0 Å². The van der Waals surface area contributed by atoms with Crippen molar-refractivity contribution in [2.45, 2.75) is 17.7 Å². The second-order valence-corrected chi connectivity index (χ2v) is 9.15. The minimum absolute atomic E-state index is 0.0839. The number of benzene rings is 1. The summed E-state index contributed by atoms with van der Waals surface area (Å²) in [4.78, 5) is 19.3. The molecule has 0 saturated carbocycles. The number of nitro groups is 1. The van der Waals surface area contributed by atoms with Crippen LogP contribution in [0.15, 0.2) is 47.5 Å². The molecule has 1 aromatic heterocycles. The molecule has 2 aliphatic rings. The minimum atomic E-state index is -3.44. The maximum Gasteiger partial charge on any atom is 0.269 e. The van der Waals surface area contributed by atoms with Gasteiger partial charge >= 0.3 is 0 Å². The number of aromatic nitrogens is 1. The van der Waals surface area contributed by atoms with E-state index in [9.17, 15) is 18.5 Å². The van der Waals surface area contributed by atoms with E-state index in [-0.39, 0.29) is 10.6 Å². The standard InChI is InChI=1S/C19H23N5O4S/c25-24(26)17-5-3-16(4-6-17)21-11-13-22(14-12-21)19-8-7-18(15-20-19)29(27,28)23-9-1-2-10-23/h3-8,15H,1-2,9-14H2. The molecule has 0 atom stereocenters. The van der Waals surface area contributed by atoms with Crippen LogP contribution in [-0.2, 0) is 10.0 Å². The molecule has 1 aromatic carbocycles. The lowest BCUT2D eigenvalue weighted by molar-refractivity contribution is -0.384. The summed E-state index contributed by atoms with van der Waals surface area (Å²) < 4.78 is 26.7. The molecule has 9 nitrogen and oxygen atoms in total. The normalized spacial score (nSPS) is 18.2. The quantitative estimate of drug-likeness (QED) is 0.542. The van der Waals surface area contributed by atoms with Gasteiger partial charge in [0.15, 0.2) is 0 Å². The van der Waals surface area contributed by atoms with E-state index < -0.39 is 14.9 Å². The fourth-order valence-electron chi connectivity index (χ4n) is 3.77. The number of anilines is 2. The van der Waals surface area contributed by atoms with Crippen molar-refractivity contribution < 1.29 is 13.3 Å². The lowest BCUT2D eigenvalue weighted by atomic mass is 10.2. The lowest BCUT2D eigenvalue weighted by Crippen LogP contribution is -2.46. The molecule has 2 aliphatic heterocycles. The largest absolute Gasteiger partial charge is 0.368 e. The first-order valence-corrected chi connectivity index (χ1v) is 11.1. The van der Waals surface area contributed by atoms with Crippen LogP contribution in [0.4, 0.5) is 17.2 Å². The number of hydrogen-bond acceptors (Lipinski definition) is 7. The van der Waals surface area contributed by atoms with Crippen molar-refractivity contribution in [3.63, 3.8) is 0 Å². The van der Waals surface area contributed by atoms with Gasteiger partial charge in [0.25, 0.3) is 5.69 Å². The summed E-state index contributed by atoms with van der Waals surface area (Å²) in [5.74, 6) is 0.758. The Labute approximate surface area is 169 Å². The number of rotatable bonds is 5. The van der Waals surface area contributed by atoms with Crippen molar-refractivity contribution in [2.24, 2.45) is 0 Å². The van der Waals surface area contributed by atoms with Gasteiger partial charge in [-0.2, -0.15) is 4.31 Å². The Balaban J connectivity index is 1.39. The molecule has 0 aliphatic carbocycles. The maximum absolute atomic E-state index is 12.6. The Morgan fingerprint density at radius 1 is 0.862 bits per heavy atom. The van der Waals surface area contributed by atoms with Gasteiger partial charge in [-0.3, -0.25) is 10.1 Å². The summed E-state index contributed by atoms with van der Waals surface area (Å²) in [7, 11) is -3.44. The van der Waals surface area contributed by atoms with Gasteiger partial charge < -0.3 is 9.80 Å². The second-order valence-electron chi connectivity index (χ2n) is 7.21. The molecule has 0 bridgehead atoms. The number of nitro benzene ring substituents is 1. The van der Waals surface area contributed by atoms with E-state index >= 15 is 0 Å². The van der Waals surface area contributed by atoms with E-state index in [1.54, 1.807) is 24.3 Å². The molecule has 0 N–H and O–H groups in total. The van der Waals surface area contributed by atoms with Gasteiger partial charge in [0.2, 0.25) is 10.0 Å². The maximum atomic E-state index is 12.6. The van der Waals surface area contributed by atoms with E-state index in [0.717, 1.165) is 50.5 Å².